The quantitative estimate of drug-likeness (QED) is 0.380. The van der Waals surface area contributed by atoms with Gasteiger partial charge in [-0.1, -0.05) is 0 Å². The van der Waals surface area contributed by atoms with Crippen molar-refractivity contribution >= 4 is 11.6 Å². The highest BCUT2D eigenvalue weighted by Crippen LogP contribution is 2.07. The Balaban J connectivity index is 2.21. The molecule has 0 spiro atoms. The van der Waals surface area contributed by atoms with Gasteiger partial charge in [-0.2, -0.15) is 0 Å². The van der Waals surface area contributed by atoms with Crippen molar-refractivity contribution in [3.63, 3.8) is 0 Å². The number of aromatic nitrogens is 2. The molecule has 94 valence electrons. The minimum Gasteiger partial charge on any atom is -0.394 e. The van der Waals surface area contributed by atoms with Crippen LogP contribution in [-0.2, 0) is 4.74 Å². The van der Waals surface area contributed by atoms with Crippen molar-refractivity contribution < 1.29 is 14.8 Å². The molecule has 0 aliphatic heterocycles. The molecule has 0 atom stereocenters. The highest BCUT2D eigenvalue weighted by Gasteiger charge is 2.05. The summed E-state index contributed by atoms with van der Waals surface area (Å²) < 4.78 is 5.05. The maximum atomic E-state index is 10.3. The molecule has 17 heavy (non-hydrogen) atoms. The minimum atomic E-state index is -0.549. The van der Waals surface area contributed by atoms with Gasteiger partial charge < -0.3 is 15.2 Å². The monoisotopic (exact) mass is 242 g/mol. The first-order valence-electron chi connectivity index (χ1n) is 5.13. The molecule has 0 aliphatic rings. The van der Waals surface area contributed by atoms with E-state index in [0.717, 1.165) is 18.8 Å². The smallest absolute Gasteiger partial charge is 0.305 e. The molecule has 1 rings (SSSR count). The van der Waals surface area contributed by atoms with Crippen molar-refractivity contribution in [2.75, 3.05) is 31.7 Å². The van der Waals surface area contributed by atoms with E-state index in [0.29, 0.717) is 25.7 Å². The Hall–Kier alpha value is -1.80. The average Bonchev–Trinajstić information content (AvgIpc) is 2.34. The summed E-state index contributed by atoms with van der Waals surface area (Å²) in [5.41, 5.74) is -0.137. The average molecular weight is 242 g/mol. The minimum absolute atomic E-state index is 0.0128. The number of nitro groups is 1. The molecular formula is C9H14N4O4. The number of anilines is 1. The summed E-state index contributed by atoms with van der Waals surface area (Å²) in [6.45, 7) is 1.47. The third-order valence-electron chi connectivity index (χ3n) is 1.83. The van der Waals surface area contributed by atoms with Crippen molar-refractivity contribution in [1.82, 2.24) is 9.97 Å². The first-order chi connectivity index (χ1) is 8.24. The van der Waals surface area contributed by atoms with Crippen LogP contribution in [0.3, 0.4) is 0 Å². The molecule has 0 bridgehead atoms. The molecule has 1 aromatic rings. The van der Waals surface area contributed by atoms with Crippen LogP contribution >= 0.6 is 0 Å². The maximum Gasteiger partial charge on any atom is 0.305 e. The van der Waals surface area contributed by atoms with Gasteiger partial charge in [-0.15, -0.1) is 0 Å². The normalized spacial score (nSPS) is 10.2. The lowest BCUT2D eigenvalue weighted by molar-refractivity contribution is -0.385. The van der Waals surface area contributed by atoms with E-state index >= 15 is 0 Å². The second-order valence-electron chi connectivity index (χ2n) is 3.14. The van der Waals surface area contributed by atoms with Gasteiger partial charge in [-0.3, -0.25) is 10.1 Å². The van der Waals surface area contributed by atoms with Gasteiger partial charge >= 0.3 is 5.69 Å². The van der Waals surface area contributed by atoms with E-state index in [2.05, 4.69) is 15.3 Å². The maximum absolute atomic E-state index is 10.3. The highest BCUT2D eigenvalue weighted by atomic mass is 16.6. The fourth-order valence-electron chi connectivity index (χ4n) is 1.05. The van der Waals surface area contributed by atoms with Gasteiger partial charge in [-0.05, 0) is 6.42 Å². The number of nitrogens with one attached hydrogen (secondary N) is 1. The largest absolute Gasteiger partial charge is 0.394 e. The summed E-state index contributed by atoms with van der Waals surface area (Å²) >= 11 is 0. The fraction of sp³-hybridized carbons (Fsp3) is 0.556. The van der Waals surface area contributed by atoms with Crippen LogP contribution < -0.4 is 5.32 Å². The van der Waals surface area contributed by atoms with Crippen LogP contribution in [0.5, 0.6) is 0 Å². The lowest BCUT2D eigenvalue weighted by Gasteiger charge is -2.04. The van der Waals surface area contributed by atoms with Crippen molar-refractivity contribution in [2.24, 2.45) is 0 Å². The number of aliphatic hydroxyl groups is 1. The predicted molar refractivity (Wildman–Crippen MR) is 59.7 cm³/mol. The van der Waals surface area contributed by atoms with Crippen molar-refractivity contribution in [3.8, 4) is 0 Å². The fourth-order valence-corrected chi connectivity index (χ4v) is 1.05. The summed E-state index contributed by atoms with van der Waals surface area (Å²) in [7, 11) is 0. The number of nitrogens with zero attached hydrogens (tertiary/aromatic N) is 3. The van der Waals surface area contributed by atoms with E-state index < -0.39 is 4.92 Å². The molecule has 1 aromatic heterocycles. The summed E-state index contributed by atoms with van der Waals surface area (Å²) in [4.78, 5) is 17.4. The van der Waals surface area contributed by atoms with Gasteiger partial charge in [0.05, 0.1) is 18.1 Å². The van der Waals surface area contributed by atoms with Crippen LogP contribution in [0.2, 0.25) is 0 Å². The third-order valence-corrected chi connectivity index (χ3v) is 1.83. The van der Waals surface area contributed by atoms with Gasteiger partial charge in [0.15, 0.2) is 0 Å². The second kappa shape index (κ2) is 7.47. The van der Waals surface area contributed by atoms with Crippen LogP contribution in [0.15, 0.2) is 12.4 Å². The Morgan fingerprint density at radius 1 is 1.41 bits per heavy atom. The van der Waals surface area contributed by atoms with E-state index in [-0.39, 0.29) is 12.3 Å². The summed E-state index contributed by atoms with van der Waals surface area (Å²) in [5.74, 6) is 0.345. The van der Waals surface area contributed by atoms with E-state index in [1.54, 1.807) is 0 Å². The van der Waals surface area contributed by atoms with Crippen LogP contribution in [0, 0.1) is 10.1 Å². The number of aliphatic hydroxyl groups excluding tert-OH is 1. The van der Waals surface area contributed by atoms with Gasteiger partial charge in [0.2, 0.25) is 5.95 Å². The molecule has 0 amide bonds. The molecule has 1 heterocycles. The molecule has 2 N–H and O–H groups in total. The molecule has 0 saturated carbocycles. The molecule has 0 unspecified atom stereocenters. The predicted octanol–water partition coefficient (Wildman–Crippen LogP) is 0.196. The third kappa shape index (κ3) is 5.18. The van der Waals surface area contributed by atoms with Gasteiger partial charge in [0.1, 0.15) is 12.4 Å². The van der Waals surface area contributed by atoms with Crippen LogP contribution in [-0.4, -0.2) is 46.4 Å². The topological polar surface area (TPSA) is 110 Å². The van der Waals surface area contributed by atoms with Gasteiger partial charge in [-0.25, -0.2) is 9.97 Å². The van der Waals surface area contributed by atoms with Crippen LogP contribution in [0.1, 0.15) is 6.42 Å². The molecule has 0 fully saturated rings. The Kier molecular flexibility index (Phi) is 5.83. The summed E-state index contributed by atoms with van der Waals surface area (Å²) in [6, 6.07) is 0. The van der Waals surface area contributed by atoms with Crippen molar-refractivity contribution in [2.45, 2.75) is 6.42 Å². The Morgan fingerprint density at radius 2 is 2.12 bits per heavy atom. The lowest BCUT2D eigenvalue weighted by Crippen LogP contribution is -2.09. The molecule has 0 aromatic carbocycles. The second-order valence-corrected chi connectivity index (χ2v) is 3.14. The first-order valence-corrected chi connectivity index (χ1v) is 5.13. The zero-order valence-electron chi connectivity index (χ0n) is 9.20. The molecule has 0 saturated heterocycles. The Morgan fingerprint density at radius 3 is 2.71 bits per heavy atom. The van der Waals surface area contributed by atoms with E-state index in [1.807, 2.05) is 0 Å². The van der Waals surface area contributed by atoms with Crippen LogP contribution in [0.25, 0.3) is 0 Å². The van der Waals surface area contributed by atoms with E-state index in [9.17, 15) is 10.1 Å². The molecule has 8 heteroatoms. The van der Waals surface area contributed by atoms with Crippen molar-refractivity contribution in [1.29, 1.82) is 0 Å². The summed E-state index contributed by atoms with van der Waals surface area (Å²) in [6.07, 6.45) is 3.04. The molecule has 8 nitrogen and oxygen atoms in total. The molecule has 0 radical (unpaired) electrons. The standard InChI is InChI=1S/C9H14N4O4/c14-3-5-17-4-1-2-10-9-11-6-8(7-12-9)13(15)16/h6-7,14H,1-5H2,(H,10,11,12). The van der Waals surface area contributed by atoms with E-state index in [1.165, 1.54) is 0 Å². The number of hydrogen-bond acceptors (Lipinski definition) is 7. The molecule has 0 aliphatic carbocycles. The van der Waals surface area contributed by atoms with Crippen LogP contribution in [0.4, 0.5) is 11.6 Å². The van der Waals surface area contributed by atoms with Gasteiger partial charge in [0.25, 0.3) is 0 Å². The number of hydrogen-bond donors (Lipinski definition) is 2. The SMILES string of the molecule is O=[N+]([O-])c1cnc(NCCCOCCO)nc1. The van der Waals surface area contributed by atoms with Crippen molar-refractivity contribution in [3.05, 3.63) is 22.5 Å². The number of rotatable bonds is 8. The summed E-state index contributed by atoms with van der Waals surface area (Å²) in [5, 5.41) is 21.7. The Bertz CT molecular complexity index is 343. The highest BCUT2D eigenvalue weighted by molar-refractivity contribution is 5.30. The van der Waals surface area contributed by atoms with E-state index in [4.69, 9.17) is 9.84 Å². The zero-order chi connectivity index (χ0) is 12.5. The number of ether oxygens (including phenoxy) is 1. The first kappa shape index (κ1) is 13.3. The zero-order valence-corrected chi connectivity index (χ0v) is 9.20. The molecular weight excluding hydrogens is 228 g/mol. The Labute approximate surface area is 97.8 Å². The lowest BCUT2D eigenvalue weighted by atomic mass is 10.4. The van der Waals surface area contributed by atoms with Gasteiger partial charge in [0, 0.05) is 13.2 Å².